The summed E-state index contributed by atoms with van der Waals surface area (Å²) in [5.74, 6) is -0.481. The second kappa shape index (κ2) is 9.75. The molecule has 1 fully saturated rings. The van der Waals surface area contributed by atoms with Gasteiger partial charge in [0.15, 0.2) is 0 Å². The van der Waals surface area contributed by atoms with E-state index in [-0.39, 0.29) is 24.7 Å². The molecule has 1 saturated heterocycles. The highest BCUT2D eigenvalue weighted by molar-refractivity contribution is 7.90. The Morgan fingerprint density at radius 2 is 1.73 bits per heavy atom. The van der Waals surface area contributed by atoms with Crippen LogP contribution in [0.4, 0.5) is 0 Å². The third-order valence-corrected chi connectivity index (χ3v) is 6.19. The van der Waals surface area contributed by atoms with Crippen molar-refractivity contribution >= 4 is 20.0 Å². The van der Waals surface area contributed by atoms with Gasteiger partial charge in [-0.25, -0.2) is 21.6 Å². The summed E-state index contributed by atoms with van der Waals surface area (Å²) in [5, 5.41) is 0. The molecule has 0 bridgehead atoms. The molecule has 0 saturated carbocycles. The summed E-state index contributed by atoms with van der Waals surface area (Å²) < 4.78 is 65.9. The molecule has 1 aliphatic heterocycles. The largest absolute Gasteiger partial charge is 0.382 e. The molecule has 0 spiro atoms. The highest BCUT2D eigenvalue weighted by Crippen LogP contribution is 2.05. The minimum absolute atomic E-state index is 0.0366. The van der Waals surface area contributed by atoms with Crippen molar-refractivity contribution in [2.75, 3.05) is 71.3 Å². The standard InChI is InChI=1S/C11H24N2O7S2/c1-18-7-8-20-9-11-21(14,15)12-2-10-22(16,17)13-3-5-19-6-4-13/h12H,2-11H2,1H3. The van der Waals surface area contributed by atoms with Gasteiger partial charge in [0.1, 0.15) is 0 Å². The first-order valence-corrected chi connectivity index (χ1v) is 10.2. The van der Waals surface area contributed by atoms with E-state index >= 15 is 0 Å². The Morgan fingerprint density at radius 1 is 1.05 bits per heavy atom. The number of nitrogens with zero attached hydrogens (tertiary/aromatic N) is 1. The van der Waals surface area contributed by atoms with Crippen molar-refractivity contribution in [2.45, 2.75) is 0 Å². The number of morpholine rings is 1. The Hall–Kier alpha value is -0.300. The lowest BCUT2D eigenvalue weighted by Gasteiger charge is -2.26. The van der Waals surface area contributed by atoms with E-state index in [0.717, 1.165) is 0 Å². The molecule has 22 heavy (non-hydrogen) atoms. The zero-order valence-corrected chi connectivity index (χ0v) is 14.3. The average molecular weight is 360 g/mol. The molecular formula is C11H24N2O7S2. The van der Waals surface area contributed by atoms with Crippen molar-refractivity contribution in [3.63, 3.8) is 0 Å². The van der Waals surface area contributed by atoms with Crippen LogP contribution in [0.15, 0.2) is 0 Å². The van der Waals surface area contributed by atoms with Crippen LogP contribution in [0.2, 0.25) is 0 Å². The normalized spacial score (nSPS) is 17.7. The minimum Gasteiger partial charge on any atom is -0.382 e. The second-order valence-corrected chi connectivity index (χ2v) is 8.66. The molecule has 0 aliphatic carbocycles. The number of ether oxygens (including phenoxy) is 3. The first kappa shape index (κ1) is 19.7. The highest BCUT2D eigenvalue weighted by atomic mass is 32.2. The maximum atomic E-state index is 12.0. The zero-order valence-electron chi connectivity index (χ0n) is 12.7. The molecule has 1 aliphatic rings. The second-order valence-electron chi connectivity index (χ2n) is 4.65. The summed E-state index contributed by atoms with van der Waals surface area (Å²) in [4.78, 5) is 0. The topological polar surface area (TPSA) is 111 Å². The number of rotatable bonds is 11. The molecule has 9 nitrogen and oxygen atoms in total. The first-order chi connectivity index (χ1) is 10.4. The first-order valence-electron chi connectivity index (χ1n) is 6.97. The van der Waals surface area contributed by atoms with Gasteiger partial charge < -0.3 is 14.2 Å². The van der Waals surface area contributed by atoms with Crippen LogP contribution in [-0.2, 0) is 34.3 Å². The number of sulfonamides is 2. The van der Waals surface area contributed by atoms with Crippen LogP contribution < -0.4 is 4.72 Å². The number of nitrogens with one attached hydrogen (secondary N) is 1. The van der Waals surface area contributed by atoms with Crippen molar-refractivity contribution in [3.8, 4) is 0 Å². The Bertz CT molecular complexity index is 501. The molecule has 1 rings (SSSR count). The zero-order chi connectivity index (χ0) is 16.5. The van der Waals surface area contributed by atoms with Crippen LogP contribution in [0, 0.1) is 0 Å². The lowest BCUT2D eigenvalue weighted by atomic mass is 10.5. The fraction of sp³-hybridized carbons (Fsp3) is 1.00. The van der Waals surface area contributed by atoms with E-state index in [9.17, 15) is 16.8 Å². The molecule has 1 N–H and O–H groups in total. The van der Waals surface area contributed by atoms with Gasteiger partial charge in [-0.05, 0) is 0 Å². The van der Waals surface area contributed by atoms with Crippen LogP contribution in [0.5, 0.6) is 0 Å². The third kappa shape index (κ3) is 7.81. The van der Waals surface area contributed by atoms with Gasteiger partial charge in [0.05, 0.1) is 44.5 Å². The molecule has 0 unspecified atom stereocenters. The molecule has 0 atom stereocenters. The van der Waals surface area contributed by atoms with E-state index < -0.39 is 20.0 Å². The summed E-state index contributed by atoms with van der Waals surface area (Å²) in [6.07, 6.45) is 0. The molecule has 0 radical (unpaired) electrons. The van der Waals surface area contributed by atoms with Crippen LogP contribution in [0.1, 0.15) is 0 Å². The molecule has 0 aromatic heterocycles. The monoisotopic (exact) mass is 360 g/mol. The van der Waals surface area contributed by atoms with Gasteiger partial charge in [-0.3, -0.25) is 0 Å². The fourth-order valence-corrected chi connectivity index (χ4v) is 4.11. The van der Waals surface area contributed by atoms with Crippen LogP contribution in [0.3, 0.4) is 0 Å². The fourth-order valence-electron chi connectivity index (χ4n) is 1.77. The van der Waals surface area contributed by atoms with E-state index in [1.165, 1.54) is 11.4 Å². The smallest absolute Gasteiger partial charge is 0.215 e. The van der Waals surface area contributed by atoms with Crippen LogP contribution in [0.25, 0.3) is 0 Å². The third-order valence-electron chi connectivity index (χ3n) is 2.97. The lowest BCUT2D eigenvalue weighted by Crippen LogP contribution is -2.44. The van der Waals surface area contributed by atoms with Crippen molar-refractivity contribution in [1.82, 2.24) is 9.03 Å². The van der Waals surface area contributed by atoms with Gasteiger partial charge in [0.25, 0.3) is 0 Å². The maximum absolute atomic E-state index is 12.0. The highest BCUT2D eigenvalue weighted by Gasteiger charge is 2.24. The maximum Gasteiger partial charge on any atom is 0.215 e. The Balaban J connectivity index is 2.26. The quantitative estimate of drug-likeness (QED) is 0.434. The lowest BCUT2D eigenvalue weighted by molar-refractivity contribution is 0.0730. The number of hydrogen-bond acceptors (Lipinski definition) is 7. The molecule has 132 valence electrons. The van der Waals surface area contributed by atoms with Gasteiger partial charge >= 0.3 is 0 Å². The Morgan fingerprint density at radius 3 is 2.36 bits per heavy atom. The SMILES string of the molecule is COCCOCCS(=O)(=O)NCCS(=O)(=O)N1CCOCC1. The summed E-state index contributed by atoms with van der Waals surface area (Å²) in [6.45, 7) is 1.94. The predicted molar refractivity (Wildman–Crippen MR) is 80.7 cm³/mol. The van der Waals surface area contributed by atoms with Crippen molar-refractivity contribution in [3.05, 3.63) is 0 Å². The summed E-state index contributed by atoms with van der Waals surface area (Å²) >= 11 is 0. The van der Waals surface area contributed by atoms with E-state index in [1.54, 1.807) is 0 Å². The van der Waals surface area contributed by atoms with Crippen molar-refractivity contribution < 1.29 is 31.0 Å². The molecule has 0 aromatic rings. The van der Waals surface area contributed by atoms with E-state index in [0.29, 0.717) is 39.5 Å². The summed E-state index contributed by atoms with van der Waals surface area (Å²) in [7, 11) is -5.48. The van der Waals surface area contributed by atoms with Gasteiger partial charge in [-0.2, -0.15) is 4.31 Å². The average Bonchev–Trinajstić information content (AvgIpc) is 2.47. The minimum atomic E-state index is -3.55. The predicted octanol–water partition coefficient (Wildman–Crippen LogP) is -1.77. The van der Waals surface area contributed by atoms with Gasteiger partial charge in [-0.15, -0.1) is 0 Å². The van der Waals surface area contributed by atoms with E-state index in [1.807, 2.05) is 0 Å². The molecule has 0 aromatic carbocycles. The molecule has 11 heteroatoms. The van der Waals surface area contributed by atoms with Gasteiger partial charge in [0.2, 0.25) is 20.0 Å². The van der Waals surface area contributed by atoms with Gasteiger partial charge in [-0.1, -0.05) is 0 Å². The summed E-state index contributed by atoms with van der Waals surface area (Å²) in [5.41, 5.74) is 0. The molecule has 0 amide bonds. The van der Waals surface area contributed by atoms with E-state index in [4.69, 9.17) is 14.2 Å². The van der Waals surface area contributed by atoms with Gasteiger partial charge in [0, 0.05) is 26.7 Å². The summed E-state index contributed by atoms with van der Waals surface area (Å²) in [6, 6.07) is 0. The Kier molecular flexibility index (Phi) is 8.75. The van der Waals surface area contributed by atoms with E-state index in [2.05, 4.69) is 4.72 Å². The Labute approximate surface area is 132 Å². The molecular weight excluding hydrogens is 336 g/mol. The molecule has 1 heterocycles. The van der Waals surface area contributed by atoms with Crippen LogP contribution in [-0.4, -0.2) is 92.4 Å². The van der Waals surface area contributed by atoms with Crippen LogP contribution >= 0.6 is 0 Å². The number of methoxy groups -OCH3 is 1. The van der Waals surface area contributed by atoms with Crippen molar-refractivity contribution in [2.24, 2.45) is 0 Å². The van der Waals surface area contributed by atoms with Crippen molar-refractivity contribution in [1.29, 1.82) is 0 Å². The number of hydrogen-bond donors (Lipinski definition) is 1.